The van der Waals surface area contributed by atoms with Gasteiger partial charge >= 0.3 is 0 Å². The maximum atomic E-state index is 13.3. The number of nitrogens with one attached hydrogen (secondary N) is 1. The molecule has 0 aromatic heterocycles. The Labute approximate surface area is 160 Å². The average molecular weight is 379 g/mol. The van der Waals surface area contributed by atoms with Gasteiger partial charge in [0.2, 0.25) is 5.91 Å². The number of halogens is 1. The van der Waals surface area contributed by atoms with Crippen LogP contribution in [0.4, 0.5) is 0 Å². The molecule has 1 atom stereocenters. The average Bonchev–Trinajstić information content (AvgIpc) is 2.98. The minimum Gasteiger partial charge on any atom is -0.354 e. The number of carbonyl (C=O) groups excluding carboxylic acids is 2. The molecule has 0 bridgehead atoms. The smallest absolute Gasteiger partial charge is 0.256 e. The van der Waals surface area contributed by atoms with Gasteiger partial charge in [-0.2, -0.15) is 0 Å². The van der Waals surface area contributed by atoms with Crippen LogP contribution in [0.1, 0.15) is 56.3 Å². The minimum absolute atomic E-state index is 0.142. The van der Waals surface area contributed by atoms with Gasteiger partial charge in [0.15, 0.2) is 0 Å². The standard InChI is InChI=1S/C20H27ClN2O3/c1-14(2)12-22-18(24)17-13-26-20(9-4-3-5-10-20)23(17)19(25)15-7-6-8-16(21)11-15/h6-8,11,14,17H,3-5,9-10,12-13H2,1-2H3,(H,22,24)/t17-/m1/s1. The largest absolute Gasteiger partial charge is 0.354 e. The molecule has 1 heterocycles. The first kappa shape index (κ1) is 19.2. The van der Waals surface area contributed by atoms with E-state index in [1.807, 2.05) is 13.8 Å². The monoisotopic (exact) mass is 378 g/mol. The van der Waals surface area contributed by atoms with E-state index < -0.39 is 11.8 Å². The number of hydrogen-bond donors (Lipinski definition) is 1. The summed E-state index contributed by atoms with van der Waals surface area (Å²) in [5.74, 6) is 0.0233. The quantitative estimate of drug-likeness (QED) is 0.870. The molecule has 2 amide bonds. The van der Waals surface area contributed by atoms with E-state index in [2.05, 4.69) is 5.32 Å². The van der Waals surface area contributed by atoms with Crippen molar-refractivity contribution in [2.75, 3.05) is 13.2 Å². The predicted octanol–water partition coefficient (Wildman–Crippen LogP) is 3.61. The number of ether oxygens (including phenoxy) is 1. The van der Waals surface area contributed by atoms with E-state index >= 15 is 0 Å². The first-order valence-electron chi connectivity index (χ1n) is 9.44. The van der Waals surface area contributed by atoms with Crippen molar-refractivity contribution in [3.8, 4) is 0 Å². The fourth-order valence-electron chi connectivity index (χ4n) is 3.85. The maximum absolute atomic E-state index is 13.3. The van der Waals surface area contributed by atoms with Crippen molar-refractivity contribution in [1.82, 2.24) is 10.2 Å². The summed E-state index contributed by atoms with van der Waals surface area (Å²) >= 11 is 6.08. The first-order chi connectivity index (χ1) is 12.4. The van der Waals surface area contributed by atoms with Crippen LogP contribution in [0, 0.1) is 5.92 Å². The Bertz CT molecular complexity index is 671. The molecule has 2 fully saturated rings. The summed E-state index contributed by atoms with van der Waals surface area (Å²) in [4.78, 5) is 27.8. The zero-order chi connectivity index (χ0) is 18.7. The van der Waals surface area contributed by atoms with Crippen LogP contribution in [0.2, 0.25) is 5.02 Å². The molecule has 142 valence electrons. The van der Waals surface area contributed by atoms with Gasteiger partial charge in [0.1, 0.15) is 11.8 Å². The van der Waals surface area contributed by atoms with Crippen LogP contribution in [0.15, 0.2) is 24.3 Å². The zero-order valence-electron chi connectivity index (χ0n) is 15.5. The lowest BCUT2D eigenvalue weighted by Crippen LogP contribution is -2.56. The van der Waals surface area contributed by atoms with Gasteiger partial charge in [0.05, 0.1) is 6.61 Å². The fraction of sp³-hybridized carbons (Fsp3) is 0.600. The van der Waals surface area contributed by atoms with Crippen molar-refractivity contribution < 1.29 is 14.3 Å². The highest BCUT2D eigenvalue weighted by atomic mass is 35.5. The number of benzene rings is 1. The van der Waals surface area contributed by atoms with Crippen molar-refractivity contribution >= 4 is 23.4 Å². The number of rotatable bonds is 4. The fourth-order valence-corrected chi connectivity index (χ4v) is 4.04. The van der Waals surface area contributed by atoms with Crippen LogP contribution in [-0.2, 0) is 9.53 Å². The van der Waals surface area contributed by atoms with Gasteiger partial charge in [-0.1, -0.05) is 37.9 Å². The van der Waals surface area contributed by atoms with E-state index in [1.54, 1.807) is 29.2 Å². The minimum atomic E-state index is -0.669. The normalized spacial score (nSPS) is 22.0. The molecule has 0 radical (unpaired) electrons. The Morgan fingerprint density at radius 1 is 1.31 bits per heavy atom. The van der Waals surface area contributed by atoms with Crippen molar-refractivity contribution in [2.24, 2.45) is 5.92 Å². The molecule has 1 aromatic rings. The van der Waals surface area contributed by atoms with Gasteiger partial charge in [0.25, 0.3) is 5.91 Å². The van der Waals surface area contributed by atoms with Gasteiger partial charge in [-0.15, -0.1) is 0 Å². The van der Waals surface area contributed by atoms with Crippen LogP contribution < -0.4 is 5.32 Å². The number of hydrogen-bond acceptors (Lipinski definition) is 3. The highest BCUT2D eigenvalue weighted by molar-refractivity contribution is 6.31. The molecule has 1 saturated heterocycles. The van der Waals surface area contributed by atoms with Crippen molar-refractivity contribution in [2.45, 2.75) is 57.7 Å². The van der Waals surface area contributed by atoms with Crippen LogP contribution >= 0.6 is 11.6 Å². The maximum Gasteiger partial charge on any atom is 0.256 e. The van der Waals surface area contributed by atoms with Crippen molar-refractivity contribution in [1.29, 1.82) is 0 Å². The van der Waals surface area contributed by atoms with E-state index in [1.165, 1.54) is 0 Å². The third-order valence-electron chi connectivity index (χ3n) is 5.17. The summed E-state index contributed by atoms with van der Waals surface area (Å²) in [6, 6.07) is 6.29. The molecule has 5 nitrogen and oxygen atoms in total. The van der Waals surface area contributed by atoms with E-state index in [0.29, 0.717) is 23.0 Å². The highest BCUT2D eigenvalue weighted by Crippen LogP contribution is 2.41. The topological polar surface area (TPSA) is 58.6 Å². The Morgan fingerprint density at radius 2 is 2.04 bits per heavy atom. The molecule has 26 heavy (non-hydrogen) atoms. The third kappa shape index (κ3) is 3.89. The zero-order valence-corrected chi connectivity index (χ0v) is 16.2. The van der Waals surface area contributed by atoms with Gasteiger partial charge in [0, 0.05) is 17.1 Å². The van der Waals surface area contributed by atoms with E-state index in [0.717, 1.165) is 32.1 Å². The second kappa shape index (κ2) is 7.97. The summed E-state index contributed by atoms with van der Waals surface area (Å²) in [6.45, 7) is 4.92. The summed E-state index contributed by atoms with van der Waals surface area (Å²) < 4.78 is 6.12. The van der Waals surface area contributed by atoms with E-state index in [9.17, 15) is 9.59 Å². The Morgan fingerprint density at radius 3 is 2.69 bits per heavy atom. The summed E-state index contributed by atoms with van der Waals surface area (Å²) in [5, 5.41) is 3.46. The molecule has 1 spiro atoms. The van der Waals surface area contributed by atoms with Crippen LogP contribution in [0.5, 0.6) is 0 Å². The lowest BCUT2D eigenvalue weighted by molar-refractivity contribution is -0.127. The van der Waals surface area contributed by atoms with Gasteiger partial charge < -0.3 is 10.1 Å². The Kier molecular flexibility index (Phi) is 5.88. The number of carbonyl (C=O) groups is 2. The third-order valence-corrected chi connectivity index (χ3v) is 5.41. The summed E-state index contributed by atoms with van der Waals surface area (Å²) in [5.41, 5.74) is -0.174. The summed E-state index contributed by atoms with van der Waals surface area (Å²) in [7, 11) is 0. The number of nitrogens with zero attached hydrogens (tertiary/aromatic N) is 1. The van der Waals surface area contributed by atoms with Crippen LogP contribution in [-0.4, -0.2) is 41.6 Å². The molecular weight excluding hydrogens is 352 g/mol. The number of amides is 2. The molecular formula is C20H27ClN2O3. The molecule has 1 N–H and O–H groups in total. The van der Waals surface area contributed by atoms with Crippen LogP contribution in [0.25, 0.3) is 0 Å². The van der Waals surface area contributed by atoms with Gasteiger partial charge in [-0.05, 0) is 49.8 Å². The molecule has 1 saturated carbocycles. The molecule has 2 aliphatic rings. The highest BCUT2D eigenvalue weighted by Gasteiger charge is 2.52. The van der Waals surface area contributed by atoms with E-state index in [4.69, 9.17) is 16.3 Å². The molecule has 1 aromatic carbocycles. The molecule has 1 aliphatic carbocycles. The summed E-state index contributed by atoms with van der Waals surface area (Å²) in [6.07, 6.45) is 4.67. The molecule has 1 aliphatic heterocycles. The Balaban J connectivity index is 1.89. The van der Waals surface area contributed by atoms with Gasteiger partial charge in [-0.3, -0.25) is 14.5 Å². The first-order valence-corrected chi connectivity index (χ1v) is 9.82. The molecule has 6 heteroatoms. The van der Waals surface area contributed by atoms with Crippen molar-refractivity contribution in [3.05, 3.63) is 34.9 Å². The van der Waals surface area contributed by atoms with Crippen molar-refractivity contribution in [3.63, 3.8) is 0 Å². The lowest BCUT2D eigenvalue weighted by Gasteiger charge is -2.41. The molecule has 0 unspecified atom stereocenters. The SMILES string of the molecule is CC(C)CNC(=O)[C@H]1COC2(CCCCC2)N1C(=O)c1cccc(Cl)c1. The van der Waals surface area contributed by atoms with E-state index in [-0.39, 0.29) is 18.4 Å². The Hall–Kier alpha value is -1.59. The second-order valence-electron chi connectivity index (χ2n) is 7.66. The molecule has 3 rings (SSSR count). The second-order valence-corrected chi connectivity index (χ2v) is 8.09. The predicted molar refractivity (Wildman–Crippen MR) is 101 cm³/mol. The van der Waals surface area contributed by atoms with Gasteiger partial charge in [-0.25, -0.2) is 0 Å². The van der Waals surface area contributed by atoms with Crippen LogP contribution in [0.3, 0.4) is 0 Å². The lowest BCUT2D eigenvalue weighted by atomic mass is 9.89.